The topological polar surface area (TPSA) is 0 Å². The summed E-state index contributed by atoms with van der Waals surface area (Å²) in [6.45, 7) is 12.9. The van der Waals surface area contributed by atoms with Crippen LogP contribution in [0.15, 0.2) is 133 Å². The van der Waals surface area contributed by atoms with E-state index >= 15 is 0 Å². The van der Waals surface area contributed by atoms with Crippen molar-refractivity contribution in [2.24, 2.45) is 0 Å². The molecule has 0 spiro atoms. The summed E-state index contributed by atoms with van der Waals surface area (Å²) in [4.78, 5) is 0. The van der Waals surface area contributed by atoms with E-state index < -0.39 is 14.2 Å². The maximum atomic E-state index is 2.88. The first-order valence-electron chi connectivity index (χ1n) is 17.9. The number of hydrogen-bond donors (Lipinski definition) is 0. The van der Waals surface area contributed by atoms with Gasteiger partial charge < -0.3 is 0 Å². The van der Waals surface area contributed by atoms with Crippen molar-refractivity contribution in [2.45, 2.75) is 51.8 Å². The van der Waals surface area contributed by atoms with E-state index in [1.165, 1.54) is 66.1 Å². The Balaban J connectivity index is 1.39. The summed E-state index contributed by atoms with van der Waals surface area (Å²) in [5.74, 6) is 0. The number of allylic oxidation sites excluding steroid dienone is 2. The van der Waals surface area contributed by atoms with E-state index in [1.807, 2.05) is 0 Å². The maximum absolute atomic E-state index is 5.29. The first kappa shape index (κ1) is 31.7. The van der Waals surface area contributed by atoms with Crippen LogP contribution in [0, 0.1) is 0 Å². The number of hydrogen-bond acceptors (Lipinski definition) is 0. The Morgan fingerprint density at radius 2 is 0.812 bits per heavy atom. The zero-order valence-corrected chi connectivity index (χ0v) is 34.4. The predicted octanol–water partition coefficient (Wildman–Crippen LogP) is 13.2. The second kappa shape index (κ2) is 9.77. The summed E-state index contributed by atoms with van der Waals surface area (Å²) in [6.07, 6.45) is 10.3. The summed E-state index contributed by atoms with van der Waals surface area (Å²) in [7, 11) is 0. The fraction of sp³-hybridized carbons (Fsp3) is 0.217. The molecule has 0 bridgehead atoms. The van der Waals surface area contributed by atoms with E-state index in [9.17, 15) is 0 Å². The molecule has 0 radical (unpaired) electrons. The van der Waals surface area contributed by atoms with Crippen LogP contribution in [0.25, 0.3) is 56.0 Å². The van der Waals surface area contributed by atoms with Crippen molar-refractivity contribution in [1.82, 2.24) is 0 Å². The van der Waals surface area contributed by atoms with E-state index in [1.54, 1.807) is 0 Å². The molecule has 0 aliphatic heterocycles. The fourth-order valence-corrected chi connectivity index (χ4v) is 51.5. The Hall–Kier alpha value is -3.59. The average Bonchev–Trinajstić information content (AvgIpc) is 3.75. The Bertz CT molecular complexity index is 2330. The molecule has 0 aromatic heterocycles. The zero-order chi connectivity index (χ0) is 33.6. The monoisotopic (exact) mass is 808 g/mol. The van der Waals surface area contributed by atoms with Gasteiger partial charge >= 0.3 is 285 Å². The molecule has 240 valence electrons. The van der Waals surface area contributed by atoms with Crippen LogP contribution in [-0.4, -0.2) is 6.94 Å². The summed E-state index contributed by atoms with van der Waals surface area (Å²) in [5.41, 5.74) is 11.3. The first-order chi connectivity index (χ1) is 22.8. The Morgan fingerprint density at radius 1 is 0.458 bits per heavy atom. The minimum atomic E-state index is -5.29. The Kier molecular flexibility index (Phi) is 6.44. The van der Waals surface area contributed by atoms with Crippen LogP contribution in [0.3, 0.4) is 0 Å². The molecule has 6 aromatic carbocycles. The molecule has 0 N–H and O–H groups in total. The van der Waals surface area contributed by atoms with Gasteiger partial charge in [0.15, 0.2) is 0 Å². The molecule has 2 aliphatic rings. The van der Waals surface area contributed by atoms with Crippen molar-refractivity contribution >= 4 is 40.6 Å². The van der Waals surface area contributed by atoms with E-state index in [-0.39, 0.29) is 0 Å². The van der Waals surface area contributed by atoms with Crippen molar-refractivity contribution in [3.63, 3.8) is 0 Å². The fourth-order valence-electron chi connectivity index (χ4n) is 10.6. The molecule has 2 unspecified atom stereocenters. The molecule has 48 heavy (non-hydrogen) atoms. The van der Waals surface area contributed by atoms with Gasteiger partial charge in [0.05, 0.1) is 0 Å². The van der Waals surface area contributed by atoms with Gasteiger partial charge in [-0.3, -0.25) is 0 Å². The molecular formula is C46H48HfSi. The van der Waals surface area contributed by atoms with Gasteiger partial charge in [-0.15, -0.1) is 0 Å². The standard InChI is InChI=1S/2C19H13.2C3H7.2CH3.Hf.H2Si/c2*1-2-10-16-14(6-1)8-4-12-18(16)19-13-5-9-15-7-3-11-17(15)19;2*1-3-2;;;;/h2*1-13H;2*3H,1-2H3;2*1H3;;1H2. The molecule has 8 rings (SSSR count). The molecule has 0 amide bonds. The molecular weight excluding hydrogens is 759 g/mol. The molecule has 2 heteroatoms. The molecule has 6 aromatic rings. The zero-order valence-electron chi connectivity index (χ0n) is 29.4. The summed E-state index contributed by atoms with van der Waals surface area (Å²) < 4.78 is 7.49. The van der Waals surface area contributed by atoms with Crippen molar-refractivity contribution < 1.29 is 14.2 Å². The molecule has 0 saturated carbocycles. The van der Waals surface area contributed by atoms with Crippen LogP contribution in [0.2, 0.25) is 16.7 Å². The second-order valence-electron chi connectivity index (χ2n) is 18.0. The molecule has 0 nitrogen and oxygen atoms in total. The number of benzene rings is 6. The molecule has 0 heterocycles. The normalized spacial score (nSPS) is 19.3. The SMILES string of the molecule is C[CH](C)[Hf]([CH3])([CH3])(=[SiH2])([CH](C)C)([CH]1C=Cc2c(-c3cccc4ccccc34)cccc21)[CH]1C=Cc2c(-c3cccc4ccccc34)cccc21. The minimum absolute atomic E-state index is 0.361. The third-order valence-electron chi connectivity index (χ3n) is 15.9. The van der Waals surface area contributed by atoms with E-state index in [0.717, 1.165) is 0 Å². The quantitative estimate of drug-likeness (QED) is 0.147. The van der Waals surface area contributed by atoms with Crippen LogP contribution >= 0.6 is 0 Å². The average molecular weight is 807 g/mol. The van der Waals surface area contributed by atoms with E-state index in [0.29, 0.717) is 14.7 Å². The Labute approximate surface area is 282 Å². The third kappa shape index (κ3) is 3.69. The van der Waals surface area contributed by atoms with Crippen molar-refractivity contribution in [1.29, 1.82) is 0 Å². The van der Waals surface area contributed by atoms with E-state index in [4.69, 9.17) is 0 Å². The number of rotatable bonds is 6. The first-order valence-corrected chi connectivity index (χ1v) is 41.7. The van der Waals surface area contributed by atoms with Crippen LogP contribution in [-0.2, 0) is 14.2 Å². The van der Waals surface area contributed by atoms with Crippen LogP contribution in [0.4, 0.5) is 0 Å². The van der Waals surface area contributed by atoms with E-state index in [2.05, 4.69) is 190 Å². The molecule has 2 atom stereocenters. The van der Waals surface area contributed by atoms with Gasteiger partial charge in [0.2, 0.25) is 0 Å². The van der Waals surface area contributed by atoms with Gasteiger partial charge in [-0.25, -0.2) is 0 Å². The predicted molar refractivity (Wildman–Crippen MR) is 213 cm³/mol. The van der Waals surface area contributed by atoms with Crippen LogP contribution in [0.1, 0.15) is 57.3 Å². The molecule has 0 fully saturated rings. The van der Waals surface area contributed by atoms with Gasteiger partial charge in [-0.05, 0) is 0 Å². The van der Waals surface area contributed by atoms with Crippen LogP contribution < -0.4 is 0 Å². The summed E-state index contributed by atoms with van der Waals surface area (Å²) in [5, 5.41) is 5.24. The van der Waals surface area contributed by atoms with Gasteiger partial charge in [0.1, 0.15) is 0 Å². The Morgan fingerprint density at radius 3 is 1.23 bits per heavy atom. The van der Waals surface area contributed by atoms with Gasteiger partial charge in [0, 0.05) is 0 Å². The molecule has 2 aliphatic carbocycles. The van der Waals surface area contributed by atoms with Crippen molar-refractivity contribution in [3.8, 4) is 22.3 Å². The number of fused-ring (bicyclic) bond motifs is 4. The van der Waals surface area contributed by atoms with Crippen molar-refractivity contribution in [3.05, 3.63) is 156 Å². The van der Waals surface area contributed by atoms with Gasteiger partial charge in [0.25, 0.3) is 0 Å². The summed E-state index contributed by atoms with van der Waals surface area (Å²) >= 11 is -5.29. The second-order valence-corrected chi connectivity index (χ2v) is 94.0. The third-order valence-corrected chi connectivity index (χ3v) is 96.8. The summed E-state index contributed by atoms with van der Waals surface area (Å²) in [6, 6.07) is 45.5. The van der Waals surface area contributed by atoms with Gasteiger partial charge in [-0.2, -0.15) is 0 Å². The van der Waals surface area contributed by atoms with Crippen LogP contribution in [0.5, 0.6) is 0 Å². The molecule has 0 saturated heterocycles. The van der Waals surface area contributed by atoms with Crippen molar-refractivity contribution in [2.75, 3.05) is 0 Å². The van der Waals surface area contributed by atoms with Gasteiger partial charge in [-0.1, -0.05) is 0 Å².